The molecule has 3 nitrogen and oxygen atoms in total. The van der Waals surface area contributed by atoms with Gasteiger partial charge in [-0.2, -0.15) is 0 Å². The smallest absolute Gasteiger partial charge is 0.306 e. The summed E-state index contributed by atoms with van der Waals surface area (Å²) in [6, 6.07) is 14.8. The van der Waals surface area contributed by atoms with Gasteiger partial charge in [0.2, 0.25) is 0 Å². The molecule has 1 aliphatic rings. The van der Waals surface area contributed by atoms with Crippen LogP contribution in [0.4, 0.5) is 11.4 Å². The maximum Gasteiger partial charge on any atom is 0.306 e. The minimum atomic E-state index is -0.220. The number of fused-ring (bicyclic) bond motifs is 2. The van der Waals surface area contributed by atoms with E-state index in [1.807, 2.05) is 13.8 Å². The topological polar surface area (TPSA) is 29.5 Å². The van der Waals surface area contributed by atoms with Crippen molar-refractivity contribution in [2.45, 2.75) is 49.5 Å². The highest BCUT2D eigenvalue weighted by molar-refractivity contribution is 7.99. The summed E-state index contributed by atoms with van der Waals surface area (Å²) in [6.45, 7) is 7.01. The van der Waals surface area contributed by atoms with Crippen LogP contribution in [0.25, 0.3) is 0 Å². The van der Waals surface area contributed by atoms with Crippen molar-refractivity contribution in [1.82, 2.24) is 0 Å². The van der Waals surface area contributed by atoms with Gasteiger partial charge in [0.05, 0.1) is 11.4 Å². The molecule has 3 rings (SSSR count). The summed E-state index contributed by atoms with van der Waals surface area (Å²) in [4.78, 5) is 16.6. The van der Waals surface area contributed by atoms with Gasteiger partial charge in [0, 0.05) is 22.8 Å². The zero-order valence-corrected chi connectivity index (χ0v) is 15.2. The number of para-hydroxylation sites is 1. The average Bonchev–Trinajstić information content (AvgIpc) is 2.59. The van der Waals surface area contributed by atoms with Crippen molar-refractivity contribution in [2.24, 2.45) is 0 Å². The van der Waals surface area contributed by atoms with Crippen LogP contribution in [0.5, 0.6) is 0 Å². The highest BCUT2D eigenvalue weighted by Crippen LogP contribution is 2.48. The minimum absolute atomic E-state index is 0.129. The SMILES string of the molecule is CCCC(=O)OC(C)c1ccc2c(c1)Sc1ccccc1N2CC. The van der Waals surface area contributed by atoms with Crippen molar-refractivity contribution in [1.29, 1.82) is 0 Å². The standard InChI is InChI=1S/C20H23NO2S/c1-4-8-20(22)23-14(3)15-11-12-17-19(13-15)24-18-10-7-6-9-16(18)21(17)5-2/h6-7,9-14H,4-5,8H2,1-3H3. The largest absolute Gasteiger partial charge is 0.458 e. The quantitative estimate of drug-likeness (QED) is 0.651. The Labute approximate surface area is 148 Å². The molecule has 4 heteroatoms. The molecular weight excluding hydrogens is 318 g/mol. The Balaban J connectivity index is 1.88. The molecule has 0 aliphatic carbocycles. The van der Waals surface area contributed by atoms with E-state index < -0.39 is 0 Å². The first-order chi connectivity index (χ1) is 11.6. The molecule has 2 aromatic carbocycles. The van der Waals surface area contributed by atoms with Gasteiger partial charge in [0.25, 0.3) is 0 Å². The van der Waals surface area contributed by atoms with Crippen LogP contribution >= 0.6 is 11.8 Å². The Morgan fingerprint density at radius 2 is 1.88 bits per heavy atom. The Morgan fingerprint density at radius 1 is 1.12 bits per heavy atom. The molecule has 0 spiro atoms. The lowest BCUT2D eigenvalue weighted by Crippen LogP contribution is -2.20. The summed E-state index contributed by atoms with van der Waals surface area (Å²) in [6.07, 6.45) is 1.07. The molecule has 1 aliphatic heterocycles. The minimum Gasteiger partial charge on any atom is -0.458 e. The second-order valence-corrected chi connectivity index (χ2v) is 7.01. The molecule has 0 saturated carbocycles. The monoisotopic (exact) mass is 341 g/mol. The van der Waals surface area contributed by atoms with Crippen LogP contribution in [0.2, 0.25) is 0 Å². The van der Waals surface area contributed by atoms with Crippen molar-refractivity contribution in [3.63, 3.8) is 0 Å². The van der Waals surface area contributed by atoms with E-state index in [1.54, 1.807) is 11.8 Å². The lowest BCUT2D eigenvalue weighted by atomic mass is 10.1. The number of rotatable bonds is 5. The van der Waals surface area contributed by atoms with Gasteiger partial charge in [-0.1, -0.05) is 36.9 Å². The van der Waals surface area contributed by atoms with Crippen molar-refractivity contribution in [3.05, 3.63) is 48.0 Å². The van der Waals surface area contributed by atoms with Gasteiger partial charge in [0.15, 0.2) is 0 Å². The number of carbonyl (C=O) groups is 1. The van der Waals surface area contributed by atoms with E-state index in [9.17, 15) is 4.79 Å². The first kappa shape index (κ1) is 16.9. The van der Waals surface area contributed by atoms with E-state index in [4.69, 9.17) is 4.74 Å². The van der Waals surface area contributed by atoms with Gasteiger partial charge in [-0.05, 0) is 50.1 Å². The number of carbonyl (C=O) groups excluding carboxylic acids is 1. The maximum absolute atomic E-state index is 11.7. The van der Waals surface area contributed by atoms with Crippen LogP contribution in [0, 0.1) is 0 Å². The molecule has 24 heavy (non-hydrogen) atoms. The predicted octanol–water partition coefficient (Wildman–Crippen LogP) is 5.71. The van der Waals surface area contributed by atoms with Crippen LogP contribution in [-0.4, -0.2) is 12.5 Å². The van der Waals surface area contributed by atoms with Gasteiger partial charge < -0.3 is 9.64 Å². The highest BCUT2D eigenvalue weighted by Gasteiger charge is 2.23. The molecule has 126 valence electrons. The molecule has 0 radical (unpaired) electrons. The molecule has 1 unspecified atom stereocenters. The fraction of sp³-hybridized carbons (Fsp3) is 0.350. The van der Waals surface area contributed by atoms with Gasteiger partial charge in [0.1, 0.15) is 6.10 Å². The molecule has 0 saturated heterocycles. The first-order valence-corrected chi connectivity index (χ1v) is 9.33. The van der Waals surface area contributed by atoms with Crippen molar-refractivity contribution >= 4 is 29.1 Å². The highest BCUT2D eigenvalue weighted by atomic mass is 32.2. The molecular formula is C20H23NO2S. The zero-order chi connectivity index (χ0) is 17.1. The van der Waals surface area contributed by atoms with Gasteiger partial charge in [-0.25, -0.2) is 0 Å². The summed E-state index contributed by atoms with van der Waals surface area (Å²) in [5.74, 6) is -0.129. The molecule has 1 atom stereocenters. The summed E-state index contributed by atoms with van der Waals surface area (Å²) in [5.41, 5.74) is 3.52. The summed E-state index contributed by atoms with van der Waals surface area (Å²) < 4.78 is 5.53. The van der Waals surface area contributed by atoms with E-state index in [2.05, 4.69) is 54.3 Å². The third-order valence-electron chi connectivity index (χ3n) is 4.20. The molecule has 1 heterocycles. The van der Waals surface area contributed by atoms with E-state index in [0.29, 0.717) is 6.42 Å². The number of esters is 1. The Hall–Kier alpha value is -1.94. The Morgan fingerprint density at radius 3 is 2.62 bits per heavy atom. The summed E-state index contributed by atoms with van der Waals surface area (Å²) >= 11 is 1.78. The molecule has 0 N–H and O–H groups in total. The normalized spacial score (nSPS) is 13.9. The summed E-state index contributed by atoms with van der Waals surface area (Å²) in [7, 11) is 0. The third kappa shape index (κ3) is 3.29. The number of anilines is 2. The van der Waals surface area contributed by atoms with Crippen molar-refractivity contribution < 1.29 is 9.53 Å². The summed E-state index contributed by atoms with van der Waals surface area (Å²) in [5, 5.41) is 0. The van der Waals surface area contributed by atoms with E-state index in [1.165, 1.54) is 21.2 Å². The van der Waals surface area contributed by atoms with E-state index in [0.717, 1.165) is 18.5 Å². The average molecular weight is 341 g/mol. The lowest BCUT2D eigenvalue weighted by Gasteiger charge is -2.32. The van der Waals surface area contributed by atoms with E-state index in [-0.39, 0.29) is 12.1 Å². The van der Waals surface area contributed by atoms with E-state index >= 15 is 0 Å². The maximum atomic E-state index is 11.7. The molecule has 0 fully saturated rings. The van der Waals surface area contributed by atoms with Crippen LogP contribution in [0.15, 0.2) is 52.3 Å². The van der Waals surface area contributed by atoms with Crippen molar-refractivity contribution in [3.8, 4) is 0 Å². The Kier molecular flexibility index (Phi) is 5.14. The number of hydrogen-bond donors (Lipinski definition) is 0. The fourth-order valence-corrected chi connectivity index (χ4v) is 4.12. The third-order valence-corrected chi connectivity index (χ3v) is 5.31. The number of benzene rings is 2. The van der Waals surface area contributed by atoms with Crippen LogP contribution < -0.4 is 4.90 Å². The van der Waals surface area contributed by atoms with Gasteiger partial charge >= 0.3 is 5.97 Å². The number of hydrogen-bond acceptors (Lipinski definition) is 4. The molecule has 2 aromatic rings. The van der Waals surface area contributed by atoms with Crippen LogP contribution in [-0.2, 0) is 9.53 Å². The van der Waals surface area contributed by atoms with Crippen LogP contribution in [0.1, 0.15) is 45.3 Å². The number of nitrogens with zero attached hydrogens (tertiary/aromatic N) is 1. The molecule has 0 bridgehead atoms. The molecule has 0 aromatic heterocycles. The number of ether oxygens (including phenoxy) is 1. The second kappa shape index (κ2) is 7.31. The van der Waals surface area contributed by atoms with Gasteiger partial charge in [-0.15, -0.1) is 0 Å². The first-order valence-electron chi connectivity index (χ1n) is 8.51. The van der Waals surface area contributed by atoms with Crippen LogP contribution in [0.3, 0.4) is 0 Å². The fourth-order valence-electron chi connectivity index (χ4n) is 2.97. The molecule has 0 amide bonds. The predicted molar refractivity (Wildman–Crippen MR) is 99.1 cm³/mol. The second-order valence-electron chi connectivity index (χ2n) is 5.92. The van der Waals surface area contributed by atoms with Gasteiger partial charge in [-0.3, -0.25) is 4.79 Å². The lowest BCUT2D eigenvalue weighted by molar-refractivity contribution is -0.148. The Bertz CT molecular complexity index is 744. The zero-order valence-electron chi connectivity index (χ0n) is 14.4. The van der Waals surface area contributed by atoms with Crippen molar-refractivity contribution in [2.75, 3.05) is 11.4 Å².